The molecule has 2 aromatic carbocycles. The lowest BCUT2D eigenvalue weighted by molar-refractivity contribution is -0.133. The fourth-order valence-corrected chi connectivity index (χ4v) is 4.99. The van der Waals surface area contributed by atoms with Gasteiger partial charge in [-0.2, -0.15) is 0 Å². The van der Waals surface area contributed by atoms with Crippen LogP contribution in [0.4, 0.5) is 0 Å². The molecule has 3 N–H and O–H groups in total. The molecule has 1 atom stereocenters. The summed E-state index contributed by atoms with van der Waals surface area (Å²) in [6, 6.07) is 15.4. The molecule has 37 heavy (non-hydrogen) atoms. The Balaban J connectivity index is 1.60. The zero-order valence-electron chi connectivity index (χ0n) is 22.4. The smallest absolute Gasteiger partial charge is 0.268 e. The average Bonchev–Trinajstić information content (AvgIpc) is 3.51. The van der Waals surface area contributed by atoms with E-state index in [4.69, 9.17) is 0 Å². The van der Waals surface area contributed by atoms with Crippen LogP contribution in [0.15, 0.2) is 54.7 Å². The Kier molecular flexibility index (Phi) is 9.04. The van der Waals surface area contributed by atoms with Gasteiger partial charge >= 0.3 is 0 Å². The van der Waals surface area contributed by atoms with Gasteiger partial charge in [-0.1, -0.05) is 69.4 Å². The maximum atomic E-state index is 14.0. The summed E-state index contributed by atoms with van der Waals surface area (Å²) >= 11 is 0. The predicted molar refractivity (Wildman–Crippen MR) is 152 cm³/mol. The highest BCUT2D eigenvalue weighted by Crippen LogP contribution is 2.21. The minimum atomic E-state index is -0.650. The van der Waals surface area contributed by atoms with Gasteiger partial charge in [0.2, 0.25) is 5.91 Å². The van der Waals surface area contributed by atoms with Crippen molar-refractivity contribution >= 4 is 33.6 Å². The third-order valence-electron chi connectivity index (χ3n) is 7.10. The largest absolute Gasteiger partial charge is 0.361 e. The molecular weight excluding hydrogens is 460 g/mol. The molecule has 6 heteroatoms. The Bertz CT molecular complexity index is 1330. The van der Waals surface area contributed by atoms with Gasteiger partial charge in [0.1, 0.15) is 11.7 Å². The van der Waals surface area contributed by atoms with Crippen molar-refractivity contribution in [2.75, 3.05) is 13.1 Å². The summed E-state index contributed by atoms with van der Waals surface area (Å²) < 4.78 is 0. The van der Waals surface area contributed by atoms with Crippen molar-refractivity contribution < 1.29 is 9.59 Å². The summed E-state index contributed by atoms with van der Waals surface area (Å²) in [6.07, 6.45) is 8.73. The maximum Gasteiger partial charge on any atom is 0.268 e. The number of aromatic nitrogens is 2. The minimum Gasteiger partial charge on any atom is -0.361 e. The number of nitrogens with zero attached hydrogens (tertiary/aromatic N) is 1. The van der Waals surface area contributed by atoms with Crippen molar-refractivity contribution in [2.45, 2.75) is 71.8 Å². The Morgan fingerprint density at radius 2 is 1.65 bits per heavy atom. The summed E-state index contributed by atoms with van der Waals surface area (Å²) in [6.45, 7) is 7.83. The first-order valence-corrected chi connectivity index (χ1v) is 13.7. The van der Waals surface area contributed by atoms with E-state index in [0.29, 0.717) is 12.1 Å². The van der Waals surface area contributed by atoms with Crippen molar-refractivity contribution in [3.63, 3.8) is 0 Å². The third kappa shape index (κ3) is 6.62. The molecular formula is C31H40N4O2. The summed E-state index contributed by atoms with van der Waals surface area (Å²) in [7, 11) is 0. The predicted octanol–water partition coefficient (Wildman–Crippen LogP) is 6.51. The van der Waals surface area contributed by atoms with Crippen molar-refractivity contribution in [3.05, 3.63) is 71.5 Å². The zero-order valence-corrected chi connectivity index (χ0v) is 22.4. The second-order valence-electron chi connectivity index (χ2n) is 10.1. The highest BCUT2D eigenvalue weighted by Gasteiger charge is 2.28. The number of carbonyl (C=O) groups excluding carboxylic acids is 2. The van der Waals surface area contributed by atoms with E-state index in [1.165, 1.54) is 0 Å². The van der Waals surface area contributed by atoms with Crippen LogP contribution in [-0.2, 0) is 11.2 Å². The van der Waals surface area contributed by atoms with E-state index in [0.717, 1.165) is 84.5 Å². The number of hydrogen-bond acceptors (Lipinski definition) is 2. The normalized spacial score (nSPS) is 12.2. The van der Waals surface area contributed by atoms with Gasteiger partial charge in [0, 0.05) is 47.5 Å². The van der Waals surface area contributed by atoms with Crippen molar-refractivity contribution in [2.24, 2.45) is 0 Å². The molecule has 0 saturated heterocycles. The second-order valence-corrected chi connectivity index (χ2v) is 10.1. The number of aromatic amines is 2. The quantitative estimate of drug-likeness (QED) is 0.183. The summed E-state index contributed by atoms with van der Waals surface area (Å²) in [4.78, 5) is 35.9. The molecule has 196 valence electrons. The number of unbranched alkanes of at least 4 members (excludes halogenated alkanes) is 4. The molecule has 2 aromatic heterocycles. The fraction of sp³-hybridized carbons (Fsp3) is 0.419. The van der Waals surface area contributed by atoms with Gasteiger partial charge < -0.3 is 20.2 Å². The van der Waals surface area contributed by atoms with Crippen molar-refractivity contribution in [1.82, 2.24) is 20.2 Å². The van der Waals surface area contributed by atoms with Gasteiger partial charge in [-0.05, 0) is 49.6 Å². The Morgan fingerprint density at radius 3 is 2.38 bits per heavy atom. The van der Waals surface area contributed by atoms with Crippen LogP contribution in [0.2, 0.25) is 0 Å². The SMILES string of the molecule is CCCCCN(CCCCC)C(=O)[C@@H](Cc1c[nH]c2ccccc12)NC(=O)c1cc2cc(C)ccc2[nH]1. The lowest BCUT2D eigenvalue weighted by Crippen LogP contribution is -2.50. The Morgan fingerprint density at radius 1 is 0.919 bits per heavy atom. The molecule has 0 aliphatic carbocycles. The minimum absolute atomic E-state index is 0.00204. The molecule has 0 saturated carbocycles. The van der Waals surface area contributed by atoms with Crippen LogP contribution in [0.3, 0.4) is 0 Å². The van der Waals surface area contributed by atoms with Crippen LogP contribution < -0.4 is 5.32 Å². The molecule has 0 aliphatic heterocycles. The first-order valence-electron chi connectivity index (χ1n) is 13.7. The van der Waals surface area contributed by atoms with E-state index in [1.54, 1.807) is 0 Å². The van der Waals surface area contributed by atoms with E-state index in [9.17, 15) is 9.59 Å². The summed E-state index contributed by atoms with van der Waals surface area (Å²) in [5, 5.41) is 5.17. The molecule has 2 heterocycles. The van der Waals surface area contributed by atoms with Crippen LogP contribution in [0.5, 0.6) is 0 Å². The molecule has 4 aromatic rings. The van der Waals surface area contributed by atoms with E-state index < -0.39 is 6.04 Å². The standard InChI is InChI=1S/C31H40N4O2/c1-4-6-10-16-35(17-11-7-5-2)31(37)29(20-24-21-32-27-13-9-8-12-25(24)27)34-30(36)28-19-23-18-22(3)14-15-26(23)33-28/h8-9,12-15,18-19,21,29,32-33H,4-7,10-11,16-17,20H2,1-3H3,(H,34,36)/t29-/m1/s1. The Labute approximate surface area is 219 Å². The highest BCUT2D eigenvalue weighted by atomic mass is 16.2. The molecule has 0 unspecified atom stereocenters. The Hall–Kier alpha value is -3.54. The topological polar surface area (TPSA) is 81.0 Å². The van der Waals surface area contributed by atoms with Crippen molar-refractivity contribution in [3.8, 4) is 0 Å². The van der Waals surface area contributed by atoms with E-state index in [2.05, 4.69) is 41.3 Å². The summed E-state index contributed by atoms with van der Waals surface area (Å²) in [5.41, 5.74) is 4.59. The number of hydrogen-bond donors (Lipinski definition) is 3. The van der Waals surface area contributed by atoms with Gasteiger partial charge in [-0.3, -0.25) is 9.59 Å². The van der Waals surface area contributed by atoms with Crippen LogP contribution >= 0.6 is 0 Å². The van der Waals surface area contributed by atoms with Crippen LogP contribution in [-0.4, -0.2) is 45.8 Å². The molecule has 0 fully saturated rings. The number of carbonyl (C=O) groups is 2. The van der Waals surface area contributed by atoms with Gasteiger partial charge in [-0.15, -0.1) is 0 Å². The van der Waals surface area contributed by atoms with Crippen molar-refractivity contribution in [1.29, 1.82) is 0 Å². The van der Waals surface area contributed by atoms with Gasteiger partial charge in [0.25, 0.3) is 5.91 Å². The van der Waals surface area contributed by atoms with Gasteiger partial charge in [0.05, 0.1) is 0 Å². The number of rotatable bonds is 13. The van der Waals surface area contributed by atoms with E-state index in [-0.39, 0.29) is 11.8 Å². The number of benzene rings is 2. The second kappa shape index (κ2) is 12.6. The van der Waals surface area contributed by atoms with E-state index in [1.807, 2.05) is 54.4 Å². The van der Waals surface area contributed by atoms with Crippen LogP contribution in [0.1, 0.15) is 74.0 Å². The number of fused-ring (bicyclic) bond motifs is 2. The molecule has 0 bridgehead atoms. The monoisotopic (exact) mass is 500 g/mol. The van der Waals surface area contributed by atoms with Gasteiger partial charge in [-0.25, -0.2) is 0 Å². The number of aryl methyl sites for hydroxylation is 1. The number of H-pyrrole nitrogens is 2. The van der Waals surface area contributed by atoms with Crippen LogP contribution in [0.25, 0.3) is 21.8 Å². The third-order valence-corrected chi connectivity index (χ3v) is 7.10. The highest BCUT2D eigenvalue weighted by molar-refractivity contribution is 6.00. The maximum absolute atomic E-state index is 14.0. The lowest BCUT2D eigenvalue weighted by atomic mass is 10.0. The zero-order chi connectivity index (χ0) is 26.2. The van der Waals surface area contributed by atoms with Crippen LogP contribution in [0, 0.1) is 6.92 Å². The van der Waals surface area contributed by atoms with Gasteiger partial charge in [0.15, 0.2) is 0 Å². The molecule has 6 nitrogen and oxygen atoms in total. The molecule has 0 spiro atoms. The summed E-state index contributed by atoms with van der Waals surface area (Å²) in [5.74, 6) is -0.257. The average molecular weight is 501 g/mol. The first-order chi connectivity index (χ1) is 18.0. The first kappa shape index (κ1) is 26.5. The lowest BCUT2D eigenvalue weighted by Gasteiger charge is -2.28. The van der Waals surface area contributed by atoms with E-state index >= 15 is 0 Å². The number of nitrogens with one attached hydrogen (secondary N) is 3. The molecule has 2 amide bonds. The number of para-hydroxylation sites is 1. The molecule has 0 aliphatic rings. The number of amides is 2. The molecule has 4 rings (SSSR count). The molecule has 0 radical (unpaired) electrons. The fourth-order valence-electron chi connectivity index (χ4n) is 4.99.